The van der Waals surface area contributed by atoms with Gasteiger partial charge in [-0.3, -0.25) is 4.79 Å². The highest BCUT2D eigenvalue weighted by Crippen LogP contribution is 2.29. The van der Waals surface area contributed by atoms with Crippen molar-refractivity contribution in [1.82, 2.24) is 29.2 Å². The van der Waals surface area contributed by atoms with Crippen molar-refractivity contribution in [2.75, 3.05) is 6.61 Å². The van der Waals surface area contributed by atoms with Gasteiger partial charge < -0.3 is 9.30 Å². The number of fused-ring (bicyclic) bond motifs is 1. The molecule has 0 atom stereocenters. The van der Waals surface area contributed by atoms with Crippen LogP contribution >= 0.6 is 0 Å². The van der Waals surface area contributed by atoms with Gasteiger partial charge in [0.1, 0.15) is 17.0 Å². The minimum absolute atomic E-state index is 0.135. The fourth-order valence-corrected chi connectivity index (χ4v) is 4.07. The topological polar surface area (TPSA) is 79.2 Å². The Hall–Kier alpha value is -4.20. The molecule has 0 aliphatic rings. The Morgan fingerprint density at radius 3 is 2.74 bits per heavy atom. The Morgan fingerprint density at radius 2 is 1.89 bits per heavy atom. The van der Waals surface area contributed by atoms with E-state index in [2.05, 4.69) is 47.5 Å². The van der Waals surface area contributed by atoms with E-state index in [4.69, 9.17) is 4.74 Å². The first kappa shape index (κ1) is 22.6. The third-order valence-electron chi connectivity index (χ3n) is 5.87. The maximum atomic E-state index is 13.2. The van der Waals surface area contributed by atoms with Crippen LogP contribution in [0.25, 0.3) is 16.8 Å². The standard InChI is InChI=1S/C27H28N6O2/c1-3-4-14-35-26-11-6-5-10-23(26)24-16-25-27(34)31(12-13-33(25)29-24)18-22-19-32(30-28-22)17-21-9-7-8-20(2)15-21/h5-13,15-16,19H,3-4,14,17-18H2,1-2H3. The van der Waals surface area contributed by atoms with E-state index in [-0.39, 0.29) is 5.56 Å². The molecule has 0 saturated carbocycles. The number of ether oxygens (including phenoxy) is 1. The number of benzene rings is 2. The lowest BCUT2D eigenvalue weighted by atomic mass is 10.1. The molecule has 0 saturated heterocycles. The summed E-state index contributed by atoms with van der Waals surface area (Å²) in [4.78, 5) is 13.2. The SMILES string of the molecule is CCCCOc1ccccc1-c1cc2c(=O)n(Cc3cn(Cc4cccc(C)c4)nn3)ccn2n1. The fourth-order valence-electron chi connectivity index (χ4n) is 4.07. The first-order valence-corrected chi connectivity index (χ1v) is 11.9. The Bertz CT molecular complexity index is 1510. The van der Waals surface area contributed by atoms with E-state index in [0.29, 0.717) is 30.9 Å². The van der Waals surface area contributed by atoms with Gasteiger partial charge in [0, 0.05) is 18.0 Å². The van der Waals surface area contributed by atoms with Gasteiger partial charge in [-0.05, 0) is 37.1 Å². The number of rotatable bonds is 9. The van der Waals surface area contributed by atoms with E-state index < -0.39 is 0 Å². The van der Waals surface area contributed by atoms with E-state index in [1.165, 1.54) is 5.56 Å². The maximum absolute atomic E-state index is 13.2. The molecule has 3 heterocycles. The average molecular weight is 469 g/mol. The number of para-hydroxylation sites is 1. The minimum atomic E-state index is -0.135. The van der Waals surface area contributed by atoms with Gasteiger partial charge in [0.15, 0.2) is 0 Å². The van der Waals surface area contributed by atoms with Crippen molar-refractivity contribution in [2.24, 2.45) is 0 Å². The first-order valence-electron chi connectivity index (χ1n) is 11.9. The predicted octanol–water partition coefficient (Wildman–Crippen LogP) is 4.34. The number of hydrogen-bond donors (Lipinski definition) is 0. The molecule has 0 spiro atoms. The van der Waals surface area contributed by atoms with Gasteiger partial charge in [-0.25, -0.2) is 9.20 Å². The molecule has 2 aromatic carbocycles. The Balaban J connectivity index is 1.38. The average Bonchev–Trinajstić information content (AvgIpc) is 3.49. The highest BCUT2D eigenvalue weighted by Gasteiger charge is 2.14. The molecule has 0 radical (unpaired) electrons. The predicted molar refractivity (Wildman–Crippen MR) is 135 cm³/mol. The van der Waals surface area contributed by atoms with E-state index in [9.17, 15) is 4.79 Å². The summed E-state index contributed by atoms with van der Waals surface area (Å²) in [5.41, 5.74) is 5.03. The van der Waals surface area contributed by atoms with Crippen LogP contribution < -0.4 is 10.3 Å². The lowest BCUT2D eigenvalue weighted by Gasteiger charge is -2.09. The van der Waals surface area contributed by atoms with Crippen LogP contribution in [0.4, 0.5) is 0 Å². The molecular formula is C27H28N6O2. The largest absolute Gasteiger partial charge is 0.493 e. The minimum Gasteiger partial charge on any atom is -0.493 e. The molecule has 0 N–H and O–H groups in total. The van der Waals surface area contributed by atoms with Gasteiger partial charge in [0.2, 0.25) is 0 Å². The highest BCUT2D eigenvalue weighted by molar-refractivity contribution is 5.71. The van der Waals surface area contributed by atoms with Crippen molar-refractivity contribution in [2.45, 2.75) is 39.8 Å². The summed E-state index contributed by atoms with van der Waals surface area (Å²) in [6, 6.07) is 17.9. The molecular weight excluding hydrogens is 440 g/mol. The molecule has 8 nitrogen and oxygen atoms in total. The van der Waals surface area contributed by atoms with Crippen LogP contribution in [-0.2, 0) is 13.1 Å². The van der Waals surface area contributed by atoms with Gasteiger partial charge in [0.25, 0.3) is 5.56 Å². The Kier molecular flexibility index (Phi) is 6.43. The monoisotopic (exact) mass is 468 g/mol. The van der Waals surface area contributed by atoms with E-state index >= 15 is 0 Å². The summed E-state index contributed by atoms with van der Waals surface area (Å²) in [6.07, 6.45) is 7.45. The van der Waals surface area contributed by atoms with Crippen molar-refractivity contribution in [1.29, 1.82) is 0 Å². The zero-order chi connectivity index (χ0) is 24.2. The molecule has 0 fully saturated rings. The number of nitrogens with zero attached hydrogens (tertiary/aromatic N) is 6. The fraction of sp³-hybridized carbons (Fsp3) is 0.259. The van der Waals surface area contributed by atoms with Crippen LogP contribution in [0, 0.1) is 6.92 Å². The van der Waals surface area contributed by atoms with E-state index in [1.54, 1.807) is 26.2 Å². The molecule has 0 aliphatic carbocycles. The normalized spacial score (nSPS) is 11.3. The zero-order valence-electron chi connectivity index (χ0n) is 20.0. The van der Waals surface area contributed by atoms with Gasteiger partial charge in [-0.2, -0.15) is 5.10 Å². The van der Waals surface area contributed by atoms with Gasteiger partial charge in [-0.1, -0.05) is 60.5 Å². The van der Waals surface area contributed by atoms with Crippen LogP contribution in [0.5, 0.6) is 5.75 Å². The van der Waals surface area contributed by atoms with Crippen LogP contribution in [0.15, 0.2) is 78.0 Å². The highest BCUT2D eigenvalue weighted by atomic mass is 16.5. The molecule has 0 bridgehead atoms. The van der Waals surface area contributed by atoms with E-state index in [1.807, 2.05) is 42.6 Å². The van der Waals surface area contributed by atoms with Crippen LogP contribution in [0.1, 0.15) is 36.6 Å². The summed E-state index contributed by atoms with van der Waals surface area (Å²) >= 11 is 0. The molecule has 5 rings (SSSR count). The number of hydrogen-bond acceptors (Lipinski definition) is 5. The summed E-state index contributed by atoms with van der Waals surface area (Å²) < 4.78 is 11.0. The van der Waals surface area contributed by atoms with E-state index in [0.717, 1.165) is 35.4 Å². The van der Waals surface area contributed by atoms with Crippen molar-refractivity contribution < 1.29 is 4.74 Å². The summed E-state index contributed by atoms with van der Waals surface area (Å²) in [7, 11) is 0. The van der Waals surface area contributed by atoms with Gasteiger partial charge in [-0.15, -0.1) is 5.10 Å². The Labute approximate surface area is 203 Å². The lowest BCUT2D eigenvalue weighted by molar-refractivity contribution is 0.310. The first-order chi connectivity index (χ1) is 17.1. The molecule has 35 heavy (non-hydrogen) atoms. The number of unbranched alkanes of at least 4 members (excludes halogenated alkanes) is 1. The second kappa shape index (κ2) is 9.97. The van der Waals surface area contributed by atoms with Gasteiger partial charge in [0.05, 0.1) is 31.6 Å². The lowest BCUT2D eigenvalue weighted by Crippen LogP contribution is -2.21. The molecule has 0 aliphatic heterocycles. The molecule has 8 heteroatoms. The third kappa shape index (κ3) is 5.01. The molecule has 0 amide bonds. The van der Waals surface area contributed by atoms with Gasteiger partial charge >= 0.3 is 0 Å². The molecule has 0 unspecified atom stereocenters. The Morgan fingerprint density at radius 1 is 1.00 bits per heavy atom. The number of aromatic nitrogens is 6. The van der Waals surface area contributed by atoms with Crippen molar-refractivity contribution in [3.63, 3.8) is 0 Å². The molecule has 5 aromatic rings. The third-order valence-corrected chi connectivity index (χ3v) is 5.87. The van der Waals surface area contributed by atoms with Crippen molar-refractivity contribution in [3.05, 3.63) is 100 Å². The maximum Gasteiger partial charge on any atom is 0.276 e. The summed E-state index contributed by atoms with van der Waals surface area (Å²) in [6.45, 7) is 5.82. The zero-order valence-corrected chi connectivity index (χ0v) is 20.0. The summed E-state index contributed by atoms with van der Waals surface area (Å²) in [5.74, 6) is 0.773. The van der Waals surface area contributed by atoms with Crippen molar-refractivity contribution in [3.8, 4) is 17.0 Å². The smallest absolute Gasteiger partial charge is 0.276 e. The second-order valence-corrected chi connectivity index (χ2v) is 8.69. The quantitative estimate of drug-likeness (QED) is 0.301. The van der Waals surface area contributed by atoms with Crippen molar-refractivity contribution >= 4 is 5.52 Å². The van der Waals surface area contributed by atoms with Crippen LogP contribution in [0.2, 0.25) is 0 Å². The molecule has 178 valence electrons. The number of aryl methyl sites for hydroxylation is 1. The second-order valence-electron chi connectivity index (χ2n) is 8.69. The summed E-state index contributed by atoms with van der Waals surface area (Å²) in [5, 5.41) is 13.1. The van der Waals surface area contributed by atoms with Crippen LogP contribution in [-0.4, -0.2) is 35.8 Å². The molecule has 3 aromatic heterocycles. The van der Waals surface area contributed by atoms with Crippen LogP contribution in [0.3, 0.4) is 0 Å².